The minimum absolute atomic E-state index is 0.0839. The first-order chi connectivity index (χ1) is 9.95. The molecule has 1 atom stereocenters. The van der Waals surface area contributed by atoms with Gasteiger partial charge in [0, 0.05) is 29.8 Å². The molecule has 1 heterocycles. The number of non-ortho nitro benzene ring substituents is 1. The van der Waals surface area contributed by atoms with Crippen LogP contribution in [-0.4, -0.2) is 34.3 Å². The van der Waals surface area contributed by atoms with Crippen molar-refractivity contribution in [1.29, 1.82) is 5.41 Å². The molecule has 0 spiro atoms. The second-order valence-corrected chi connectivity index (χ2v) is 5.90. The summed E-state index contributed by atoms with van der Waals surface area (Å²) in [5.41, 5.74) is 0.267. The molecule has 21 heavy (non-hydrogen) atoms. The Kier molecular flexibility index (Phi) is 4.68. The van der Waals surface area contributed by atoms with Crippen molar-refractivity contribution in [2.24, 2.45) is 0 Å². The highest BCUT2D eigenvalue weighted by Gasteiger charge is 2.36. The van der Waals surface area contributed by atoms with Crippen LogP contribution in [0.3, 0.4) is 0 Å². The number of anilines is 1. The molecular formula is C10H8IN4O5P. The third-order valence-corrected chi connectivity index (χ3v) is 3.80. The standard InChI is InChI=1S/C10H8IN4O5P/c11-21-13-7-2-1-5(15(18)19)3-6(7)9(12)14-8(16)4-20-10(14)17/h1-3,12-13,21H,4H2. The molecular weight excluding hydrogens is 414 g/mol. The molecule has 1 aliphatic heterocycles. The summed E-state index contributed by atoms with van der Waals surface area (Å²) >= 11 is 2.05. The predicted octanol–water partition coefficient (Wildman–Crippen LogP) is 2.25. The first kappa shape index (κ1) is 15.6. The summed E-state index contributed by atoms with van der Waals surface area (Å²) in [4.78, 5) is 33.8. The van der Waals surface area contributed by atoms with E-state index in [1.807, 2.05) is 22.0 Å². The molecule has 0 radical (unpaired) electrons. The van der Waals surface area contributed by atoms with Crippen molar-refractivity contribution < 1.29 is 19.2 Å². The molecule has 1 aromatic rings. The van der Waals surface area contributed by atoms with E-state index in [-0.39, 0.29) is 17.6 Å². The van der Waals surface area contributed by atoms with E-state index in [2.05, 4.69) is 9.82 Å². The third kappa shape index (κ3) is 3.10. The van der Waals surface area contributed by atoms with E-state index in [0.29, 0.717) is 10.6 Å². The number of halogens is 1. The number of benzene rings is 1. The van der Waals surface area contributed by atoms with Gasteiger partial charge in [-0.1, -0.05) is 0 Å². The average Bonchev–Trinajstić information content (AvgIpc) is 2.78. The maximum absolute atomic E-state index is 11.6. The second kappa shape index (κ2) is 6.31. The summed E-state index contributed by atoms with van der Waals surface area (Å²) in [5.74, 6) is -1.14. The number of nitrogens with zero attached hydrogens (tertiary/aromatic N) is 2. The molecule has 2 amide bonds. The third-order valence-electron chi connectivity index (χ3n) is 2.63. The van der Waals surface area contributed by atoms with Gasteiger partial charge in [0.25, 0.3) is 11.6 Å². The van der Waals surface area contributed by atoms with Crippen LogP contribution in [0.2, 0.25) is 0 Å². The van der Waals surface area contributed by atoms with Crippen molar-refractivity contribution in [1.82, 2.24) is 4.90 Å². The van der Waals surface area contributed by atoms with Gasteiger partial charge in [-0.15, -0.1) is 0 Å². The number of nitro groups is 1. The maximum Gasteiger partial charge on any atom is 0.423 e. The molecule has 1 saturated heterocycles. The number of hydrogen-bond acceptors (Lipinski definition) is 7. The smallest absolute Gasteiger partial charge is 0.423 e. The molecule has 9 nitrogen and oxygen atoms in total. The van der Waals surface area contributed by atoms with E-state index in [4.69, 9.17) is 5.41 Å². The van der Waals surface area contributed by atoms with Crippen LogP contribution in [0, 0.1) is 15.5 Å². The van der Waals surface area contributed by atoms with E-state index in [1.165, 1.54) is 12.1 Å². The number of hydrogen-bond donors (Lipinski definition) is 2. The van der Waals surface area contributed by atoms with E-state index in [0.717, 1.165) is 6.07 Å². The fraction of sp³-hybridized carbons (Fsp3) is 0.100. The lowest BCUT2D eigenvalue weighted by atomic mass is 10.1. The summed E-state index contributed by atoms with van der Waals surface area (Å²) in [6.45, 7) is -0.438. The van der Waals surface area contributed by atoms with Crippen LogP contribution < -0.4 is 5.09 Å². The highest BCUT2D eigenvalue weighted by Crippen LogP contribution is 2.30. The normalized spacial score (nSPS) is 14.6. The average molecular weight is 422 g/mol. The molecule has 2 N–H and O–H groups in total. The molecule has 0 saturated carbocycles. The highest BCUT2D eigenvalue weighted by molar-refractivity contribution is 14.2. The highest BCUT2D eigenvalue weighted by atomic mass is 127. The number of nitrogens with one attached hydrogen (secondary N) is 2. The summed E-state index contributed by atoms with van der Waals surface area (Å²) < 4.78 is 4.54. The molecule has 0 bridgehead atoms. The number of carbonyl (C=O) groups excluding carboxylic acids is 2. The van der Waals surface area contributed by atoms with Gasteiger partial charge in [-0.25, -0.2) is 4.79 Å². The topological polar surface area (TPSA) is 126 Å². The van der Waals surface area contributed by atoms with Crippen LogP contribution in [0.1, 0.15) is 5.56 Å². The van der Waals surface area contributed by atoms with Crippen LogP contribution in [0.4, 0.5) is 16.2 Å². The Morgan fingerprint density at radius 1 is 1.52 bits per heavy atom. The lowest BCUT2D eigenvalue weighted by molar-refractivity contribution is -0.384. The Morgan fingerprint density at radius 3 is 2.76 bits per heavy atom. The number of amidine groups is 1. The van der Waals surface area contributed by atoms with Crippen LogP contribution in [0.15, 0.2) is 18.2 Å². The van der Waals surface area contributed by atoms with Crippen molar-refractivity contribution in [3.05, 3.63) is 33.9 Å². The number of ether oxygens (including phenoxy) is 1. The van der Waals surface area contributed by atoms with Gasteiger partial charge in [0.1, 0.15) is 5.84 Å². The van der Waals surface area contributed by atoms with Crippen LogP contribution in [-0.2, 0) is 9.53 Å². The van der Waals surface area contributed by atoms with Gasteiger partial charge in [-0.3, -0.25) is 20.3 Å². The number of amides is 2. The van der Waals surface area contributed by atoms with Gasteiger partial charge in [-0.05, 0) is 28.1 Å². The molecule has 1 fully saturated rings. The fourth-order valence-electron chi connectivity index (χ4n) is 1.69. The SMILES string of the molecule is N=C(c1cc([N+](=O)[O-])ccc1NPI)N1C(=O)COC1=O. The Hall–Kier alpha value is -1.81. The molecule has 110 valence electrons. The maximum atomic E-state index is 11.6. The molecule has 1 aromatic carbocycles. The monoisotopic (exact) mass is 422 g/mol. The second-order valence-electron chi connectivity index (χ2n) is 3.84. The van der Waals surface area contributed by atoms with Gasteiger partial charge >= 0.3 is 6.09 Å². The van der Waals surface area contributed by atoms with Crippen molar-refractivity contribution in [2.75, 3.05) is 11.7 Å². The predicted molar refractivity (Wildman–Crippen MR) is 84.1 cm³/mol. The number of carbonyl (C=O) groups is 2. The molecule has 11 heteroatoms. The molecule has 2 rings (SSSR count). The van der Waals surface area contributed by atoms with Crippen molar-refractivity contribution in [3.8, 4) is 0 Å². The fourth-order valence-corrected chi connectivity index (χ4v) is 2.88. The van der Waals surface area contributed by atoms with Gasteiger partial charge in [0.15, 0.2) is 6.61 Å². The zero-order valence-corrected chi connectivity index (χ0v) is 13.4. The zero-order chi connectivity index (χ0) is 15.6. The van der Waals surface area contributed by atoms with Gasteiger partial charge in [0.05, 0.1) is 4.92 Å². The lowest BCUT2D eigenvalue weighted by Crippen LogP contribution is -2.35. The first-order valence-electron chi connectivity index (χ1n) is 5.44. The molecule has 1 aliphatic rings. The van der Waals surface area contributed by atoms with Crippen LogP contribution in [0.5, 0.6) is 0 Å². The molecule has 1 unspecified atom stereocenters. The Morgan fingerprint density at radius 2 is 2.24 bits per heavy atom. The molecule has 0 aromatic heterocycles. The van der Waals surface area contributed by atoms with Crippen LogP contribution >= 0.6 is 28.4 Å². The lowest BCUT2D eigenvalue weighted by Gasteiger charge is -2.15. The van der Waals surface area contributed by atoms with Crippen molar-refractivity contribution in [3.63, 3.8) is 0 Å². The Labute approximate surface area is 133 Å². The quantitative estimate of drug-likeness (QED) is 0.192. The number of rotatable bonds is 4. The number of nitro benzene ring substituents is 1. The van der Waals surface area contributed by atoms with Gasteiger partial charge in [0.2, 0.25) is 0 Å². The van der Waals surface area contributed by atoms with Gasteiger partial charge in [-0.2, -0.15) is 4.90 Å². The summed E-state index contributed by atoms with van der Waals surface area (Å²) in [6.07, 6.45) is -0.711. The first-order valence-corrected chi connectivity index (χ1v) is 9.56. The zero-order valence-electron chi connectivity index (χ0n) is 10.3. The van der Waals surface area contributed by atoms with E-state index >= 15 is 0 Å². The summed E-state index contributed by atoms with van der Waals surface area (Å²) in [5, 5.41) is 21.8. The minimum atomic E-state index is -0.959. The summed E-state index contributed by atoms with van der Waals surface area (Å²) in [6, 6.07) is 3.85. The van der Waals surface area contributed by atoms with Crippen LogP contribution in [0.25, 0.3) is 0 Å². The Bertz CT molecular complexity index is 636. The van der Waals surface area contributed by atoms with Crippen molar-refractivity contribution >= 4 is 57.6 Å². The van der Waals surface area contributed by atoms with E-state index in [9.17, 15) is 19.7 Å². The largest absolute Gasteiger partial charge is 0.439 e. The minimum Gasteiger partial charge on any atom is -0.439 e. The number of imide groups is 1. The van der Waals surface area contributed by atoms with E-state index < -0.39 is 29.4 Å². The Balaban J connectivity index is 2.46. The van der Waals surface area contributed by atoms with E-state index in [1.54, 1.807) is 0 Å². The van der Waals surface area contributed by atoms with Gasteiger partial charge < -0.3 is 9.82 Å². The number of cyclic esters (lactones) is 1. The summed E-state index contributed by atoms with van der Waals surface area (Å²) in [7, 11) is 0. The van der Waals surface area contributed by atoms with Crippen molar-refractivity contribution in [2.45, 2.75) is 0 Å². The molecule has 0 aliphatic carbocycles.